The highest BCUT2D eigenvalue weighted by Gasteiger charge is 2.36. The Kier molecular flexibility index (Phi) is 7.77. The van der Waals surface area contributed by atoms with Crippen LogP contribution in [0.2, 0.25) is 10.0 Å². The molecule has 1 aromatic carbocycles. The number of nitrogens with zero attached hydrogens (tertiary/aromatic N) is 2. The lowest BCUT2D eigenvalue weighted by atomic mass is 9.88. The average Bonchev–Trinajstić information content (AvgIpc) is 3.35. The van der Waals surface area contributed by atoms with E-state index in [-0.39, 0.29) is 6.10 Å². The van der Waals surface area contributed by atoms with Crippen LogP contribution in [0.4, 0.5) is 0 Å². The quantitative estimate of drug-likeness (QED) is 0.562. The molecule has 1 aromatic heterocycles. The van der Waals surface area contributed by atoms with Gasteiger partial charge in [-0.25, -0.2) is 0 Å². The van der Waals surface area contributed by atoms with Crippen molar-refractivity contribution in [2.45, 2.75) is 44.8 Å². The Morgan fingerprint density at radius 3 is 2.60 bits per heavy atom. The molecule has 0 radical (unpaired) electrons. The second-order valence-electron chi connectivity index (χ2n) is 9.18. The van der Waals surface area contributed by atoms with Crippen LogP contribution in [0.5, 0.6) is 0 Å². The van der Waals surface area contributed by atoms with Gasteiger partial charge in [-0.3, -0.25) is 4.90 Å². The van der Waals surface area contributed by atoms with Gasteiger partial charge in [-0.2, -0.15) is 11.3 Å². The minimum Gasteiger partial charge on any atom is -0.393 e. The molecule has 3 atom stereocenters. The smallest absolute Gasteiger partial charge is 0.0514 e. The van der Waals surface area contributed by atoms with Crippen LogP contribution in [0.15, 0.2) is 35.0 Å². The summed E-state index contributed by atoms with van der Waals surface area (Å²) in [5.41, 5.74) is 2.64. The van der Waals surface area contributed by atoms with Gasteiger partial charge in [-0.05, 0) is 91.2 Å². The first-order chi connectivity index (χ1) is 14.5. The van der Waals surface area contributed by atoms with Crippen molar-refractivity contribution in [3.63, 3.8) is 0 Å². The molecule has 6 heteroatoms. The molecule has 3 nitrogen and oxygen atoms in total. The second-order valence-corrected chi connectivity index (χ2v) is 10.8. The molecule has 2 saturated heterocycles. The maximum atomic E-state index is 9.69. The van der Waals surface area contributed by atoms with Crippen LogP contribution in [0, 0.1) is 11.8 Å². The minimum atomic E-state index is -0.174. The normalized spacial score (nSPS) is 25.1. The van der Waals surface area contributed by atoms with Crippen LogP contribution in [0.25, 0.3) is 0 Å². The van der Waals surface area contributed by atoms with Crippen LogP contribution >= 0.6 is 34.5 Å². The van der Waals surface area contributed by atoms with Gasteiger partial charge < -0.3 is 10.0 Å². The van der Waals surface area contributed by atoms with E-state index in [1.54, 1.807) is 11.3 Å². The van der Waals surface area contributed by atoms with Gasteiger partial charge in [0.05, 0.1) is 6.10 Å². The summed E-state index contributed by atoms with van der Waals surface area (Å²) in [6.45, 7) is 8.46. The molecule has 3 heterocycles. The largest absolute Gasteiger partial charge is 0.393 e. The summed E-state index contributed by atoms with van der Waals surface area (Å²) in [6, 6.07) is 8.14. The summed E-state index contributed by atoms with van der Waals surface area (Å²) in [6.07, 6.45) is 3.20. The van der Waals surface area contributed by atoms with Gasteiger partial charge in [0.15, 0.2) is 0 Å². The fourth-order valence-corrected chi connectivity index (χ4v) is 6.44. The third-order valence-electron chi connectivity index (χ3n) is 6.77. The zero-order valence-corrected chi connectivity index (χ0v) is 20.0. The minimum absolute atomic E-state index is 0.174. The van der Waals surface area contributed by atoms with E-state index in [9.17, 15) is 5.11 Å². The Hall–Kier alpha value is -0.620. The van der Waals surface area contributed by atoms with Crippen LogP contribution in [-0.4, -0.2) is 53.7 Å². The standard InChI is InChI=1S/C24H32Cl2N2OS/c1-17(29)10-18-4-7-27(8-5-18)13-21-14-28(15-23(21)20-6-9-30-16-20)12-19-2-3-22(25)11-24(19)26/h2-3,6,9,11,16-18,21,23,29H,4-5,7-8,10,12-15H2,1H3/t17-,21?,23?/m0/s1. The maximum absolute atomic E-state index is 9.69. The van der Waals surface area contributed by atoms with Crippen molar-refractivity contribution >= 4 is 34.5 Å². The summed E-state index contributed by atoms with van der Waals surface area (Å²) < 4.78 is 0. The van der Waals surface area contributed by atoms with E-state index in [0.717, 1.165) is 56.3 Å². The van der Waals surface area contributed by atoms with Crippen LogP contribution in [0.1, 0.15) is 43.2 Å². The van der Waals surface area contributed by atoms with Crippen molar-refractivity contribution in [3.8, 4) is 0 Å². The van der Waals surface area contributed by atoms with E-state index in [2.05, 4.69) is 32.7 Å². The second kappa shape index (κ2) is 10.3. The van der Waals surface area contributed by atoms with Crippen molar-refractivity contribution in [3.05, 3.63) is 56.2 Å². The lowest BCUT2D eigenvalue weighted by molar-refractivity contribution is 0.110. The molecule has 2 fully saturated rings. The molecule has 2 unspecified atom stereocenters. The van der Waals surface area contributed by atoms with E-state index in [1.807, 2.05) is 19.1 Å². The molecule has 164 valence electrons. The molecule has 0 aliphatic carbocycles. The molecule has 4 rings (SSSR count). The lowest BCUT2D eigenvalue weighted by Gasteiger charge is -2.35. The number of thiophene rings is 1. The van der Waals surface area contributed by atoms with Gasteiger partial charge in [0, 0.05) is 42.1 Å². The Morgan fingerprint density at radius 2 is 1.93 bits per heavy atom. The molecule has 2 aromatic rings. The number of piperidine rings is 1. The fraction of sp³-hybridized carbons (Fsp3) is 0.583. The maximum Gasteiger partial charge on any atom is 0.0514 e. The fourth-order valence-electron chi connectivity index (χ4n) is 5.25. The molecule has 0 bridgehead atoms. The third kappa shape index (κ3) is 5.79. The Balaban J connectivity index is 1.39. The van der Waals surface area contributed by atoms with Crippen molar-refractivity contribution < 1.29 is 5.11 Å². The lowest BCUT2D eigenvalue weighted by Crippen LogP contribution is -2.39. The van der Waals surface area contributed by atoms with Gasteiger partial charge in [-0.1, -0.05) is 29.3 Å². The van der Waals surface area contributed by atoms with E-state index < -0.39 is 0 Å². The summed E-state index contributed by atoms with van der Waals surface area (Å²) in [4.78, 5) is 5.21. The van der Waals surface area contributed by atoms with Crippen LogP contribution < -0.4 is 0 Å². The number of rotatable bonds is 7. The first-order valence-corrected chi connectivity index (χ1v) is 12.8. The molecule has 0 spiro atoms. The number of aliphatic hydroxyl groups is 1. The Bertz CT molecular complexity index is 806. The average molecular weight is 468 g/mol. The van der Waals surface area contributed by atoms with Gasteiger partial charge in [0.25, 0.3) is 0 Å². The SMILES string of the molecule is C[C@H](O)CC1CCN(CC2CN(Cc3ccc(Cl)cc3Cl)CC2c2ccsc2)CC1. The first-order valence-electron chi connectivity index (χ1n) is 11.1. The summed E-state index contributed by atoms with van der Waals surface area (Å²) in [5, 5.41) is 15.7. The van der Waals surface area contributed by atoms with E-state index in [4.69, 9.17) is 23.2 Å². The topological polar surface area (TPSA) is 26.7 Å². The monoisotopic (exact) mass is 466 g/mol. The van der Waals surface area contributed by atoms with E-state index >= 15 is 0 Å². The number of benzene rings is 1. The summed E-state index contributed by atoms with van der Waals surface area (Å²) >= 11 is 14.3. The third-order valence-corrected chi connectivity index (χ3v) is 8.06. The predicted octanol–water partition coefficient (Wildman–Crippen LogP) is 5.75. The highest BCUT2D eigenvalue weighted by molar-refractivity contribution is 7.08. The number of aliphatic hydroxyl groups excluding tert-OH is 1. The van der Waals surface area contributed by atoms with Gasteiger partial charge in [-0.15, -0.1) is 0 Å². The van der Waals surface area contributed by atoms with Gasteiger partial charge in [0.1, 0.15) is 0 Å². The van der Waals surface area contributed by atoms with E-state index in [0.29, 0.717) is 22.8 Å². The Labute approximate surface area is 194 Å². The Morgan fingerprint density at radius 1 is 1.13 bits per heavy atom. The van der Waals surface area contributed by atoms with Crippen molar-refractivity contribution in [2.24, 2.45) is 11.8 Å². The molecule has 0 amide bonds. The van der Waals surface area contributed by atoms with Crippen LogP contribution in [-0.2, 0) is 6.54 Å². The van der Waals surface area contributed by atoms with Crippen molar-refractivity contribution in [1.82, 2.24) is 9.80 Å². The van der Waals surface area contributed by atoms with E-state index in [1.165, 1.54) is 18.4 Å². The molecular weight excluding hydrogens is 435 g/mol. The molecule has 0 saturated carbocycles. The summed E-state index contributed by atoms with van der Waals surface area (Å²) in [7, 11) is 0. The molecule has 2 aliphatic rings. The van der Waals surface area contributed by atoms with Crippen molar-refractivity contribution in [1.29, 1.82) is 0 Å². The molecule has 30 heavy (non-hydrogen) atoms. The summed E-state index contributed by atoms with van der Waals surface area (Å²) in [5.74, 6) is 1.90. The highest BCUT2D eigenvalue weighted by atomic mass is 35.5. The zero-order valence-electron chi connectivity index (χ0n) is 17.6. The van der Waals surface area contributed by atoms with Gasteiger partial charge >= 0.3 is 0 Å². The number of hydrogen-bond donors (Lipinski definition) is 1. The van der Waals surface area contributed by atoms with Crippen LogP contribution in [0.3, 0.4) is 0 Å². The molecule has 1 N–H and O–H groups in total. The molecule has 2 aliphatic heterocycles. The number of likely N-dealkylation sites (tertiary alicyclic amines) is 2. The number of hydrogen-bond acceptors (Lipinski definition) is 4. The first kappa shape index (κ1) is 22.6. The predicted molar refractivity (Wildman–Crippen MR) is 128 cm³/mol. The van der Waals surface area contributed by atoms with Gasteiger partial charge in [0.2, 0.25) is 0 Å². The number of halogens is 2. The van der Waals surface area contributed by atoms with Crippen molar-refractivity contribution in [2.75, 3.05) is 32.7 Å². The zero-order chi connectivity index (χ0) is 21.1. The molecular formula is C24H32Cl2N2OS. The highest BCUT2D eigenvalue weighted by Crippen LogP contribution is 2.36.